The molecule has 5 nitrogen and oxygen atoms in total. The van der Waals surface area contributed by atoms with E-state index in [9.17, 15) is 14.7 Å². The number of carboxylic acid groups (broad SMARTS) is 1. The largest absolute Gasteiger partial charge is 0.507 e. The van der Waals surface area contributed by atoms with Crippen LogP contribution in [-0.4, -0.2) is 22.1 Å². The van der Waals surface area contributed by atoms with Crippen LogP contribution in [0.2, 0.25) is 0 Å². The summed E-state index contributed by atoms with van der Waals surface area (Å²) >= 11 is 0. The van der Waals surface area contributed by atoms with Gasteiger partial charge in [0.15, 0.2) is 0 Å². The Hall–Kier alpha value is -2.82. The third-order valence-corrected chi connectivity index (χ3v) is 3.50. The summed E-state index contributed by atoms with van der Waals surface area (Å²) in [5.41, 5.74) is 1.74. The van der Waals surface area contributed by atoms with E-state index in [2.05, 4.69) is 26.1 Å². The molecule has 2 rings (SSSR count). The highest BCUT2D eigenvalue weighted by Crippen LogP contribution is 2.24. The summed E-state index contributed by atoms with van der Waals surface area (Å²) in [7, 11) is 0. The predicted molar refractivity (Wildman–Crippen MR) is 88.2 cm³/mol. The van der Waals surface area contributed by atoms with E-state index < -0.39 is 11.7 Å². The predicted octanol–water partition coefficient (Wildman–Crippen LogP) is 3.64. The number of carbonyl (C=O) groups excluding carboxylic acids is 1. The number of hydrogen-bond donors (Lipinski definition) is 3. The molecule has 120 valence electrons. The van der Waals surface area contributed by atoms with Crippen LogP contribution in [0.1, 0.15) is 47.1 Å². The molecular formula is C18H19NO4. The standard InChI is InChI=1S/C18H19NO4/c1-18(2,3)12-6-4-11(5-7-12)16(21)19-13-8-9-14(17(22)23)15(20)10-13/h4-10,20H,1-3H3,(H,19,21)(H,22,23). The third-order valence-electron chi connectivity index (χ3n) is 3.50. The lowest BCUT2D eigenvalue weighted by atomic mass is 9.87. The van der Waals surface area contributed by atoms with Gasteiger partial charge in [-0.3, -0.25) is 4.79 Å². The average Bonchev–Trinajstić information content (AvgIpc) is 2.46. The van der Waals surface area contributed by atoms with Crippen molar-refractivity contribution in [1.82, 2.24) is 0 Å². The van der Waals surface area contributed by atoms with Crippen molar-refractivity contribution in [2.24, 2.45) is 0 Å². The van der Waals surface area contributed by atoms with Crippen LogP contribution >= 0.6 is 0 Å². The lowest BCUT2D eigenvalue weighted by Crippen LogP contribution is -2.14. The topological polar surface area (TPSA) is 86.6 Å². The maximum atomic E-state index is 12.2. The summed E-state index contributed by atoms with van der Waals surface area (Å²) < 4.78 is 0. The van der Waals surface area contributed by atoms with E-state index in [-0.39, 0.29) is 16.9 Å². The van der Waals surface area contributed by atoms with Gasteiger partial charge in [0.05, 0.1) is 0 Å². The monoisotopic (exact) mass is 313 g/mol. The Bertz CT molecular complexity index is 743. The van der Waals surface area contributed by atoms with Crippen LogP contribution in [-0.2, 0) is 5.41 Å². The second-order valence-corrected chi connectivity index (χ2v) is 6.32. The summed E-state index contributed by atoms with van der Waals surface area (Å²) in [6.45, 7) is 6.28. The molecule has 3 N–H and O–H groups in total. The van der Waals surface area contributed by atoms with Crippen LogP contribution in [0, 0.1) is 0 Å². The van der Waals surface area contributed by atoms with Crippen molar-refractivity contribution in [2.75, 3.05) is 5.32 Å². The first-order valence-corrected chi connectivity index (χ1v) is 7.16. The second-order valence-electron chi connectivity index (χ2n) is 6.32. The van der Waals surface area contributed by atoms with Gasteiger partial charge in [-0.25, -0.2) is 4.79 Å². The molecule has 0 aliphatic rings. The van der Waals surface area contributed by atoms with Crippen molar-refractivity contribution >= 4 is 17.6 Å². The van der Waals surface area contributed by atoms with Gasteiger partial charge >= 0.3 is 5.97 Å². The molecule has 23 heavy (non-hydrogen) atoms. The van der Waals surface area contributed by atoms with Gasteiger partial charge in [0.25, 0.3) is 5.91 Å². The van der Waals surface area contributed by atoms with Crippen LogP contribution in [0.25, 0.3) is 0 Å². The number of amides is 1. The molecule has 5 heteroatoms. The smallest absolute Gasteiger partial charge is 0.339 e. The minimum absolute atomic E-state index is 0.00740. The van der Waals surface area contributed by atoms with Crippen molar-refractivity contribution in [3.63, 3.8) is 0 Å². The van der Waals surface area contributed by atoms with Gasteiger partial charge in [-0.15, -0.1) is 0 Å². The minimum Gasteiger partial charge on any atom is -0.507 e. The van der Waals surface area contributed by atoms with E-state index in [1.54, 1.807) is 12.1 Å². The fourth-order valence-electron chi connectivity index (χ4n) is 2.12. The zero-order valence-corrected chi connectivity index (χ0v) is 13.3. The fraction of sp³-hybridized carbons (Fsp3) is 0.222. The first kappa shape index (κ1) is 16.5. The summed E-state index contributed by atoms with van der Waals surface area (Å²) in [4.78, 5) is 23.0. The molecule has 0 saturated carbocycles. The van der Waals surface area contributed by atoms with E-state index in [1.165, 1.54) is 18.2 Å². The molecule has 0 spiro atoms. The first-order valence-electron chi connectivity index (χ1n) is 7.16. The number of benzene rings is 2. The van der Waals surface area contributed by atoms with Crippen molar-refractivity contribution in [3.05, 3.63) is 59.2 Å². The Morgan fingerprint density at radius 3 is 2.09 bits per heavy atom. The highest BCUT2D eigenvalue weighted by atomic mass is 16.4. The number of rotatable bonds is 3. The van der Waals surface area contributed by atoms with Gasteiger partial charge in [0.1, 0.15) is 11.3 Å². The highest BCUT2D eigenvalue weighted by molar-refractivity contribution is 6.04. The summed E-state index contributed by atoms with van der Waals surface area (Å²) in [5, 5.41) is 21.1. The van der Waals surface area contributed by atoms with Crippen LogP contribution in [0.15, 0.2) is 42.5 Å². The SMILES string of the molecule is CC(C)(C)c1ccc(C(=O)Nc2ccc(C(=O)O)c(O)c2)cc1. The van der Waals surface area contributed by atoms with E-state index in [1.807, 2.05) is 12.1 Å². The Morgan fingerprint density at radius 1 is 1.00 bits per heavy atom. The Kier molecular flexibility index (Phi) is 4.40. The molecule has 0 aromatic heterocycles. The molecule has 2 aromatic carbocycles. The van der Waals surface area contributed by atoms with Gasteiger partial charge in [-0.05, 0) is 35.2 Å². The van der Waals surface area contributed by atoms with Crippen molar-refractivity contribution < 1.29 is 19.8 Å². The molecule has 0 saturated heterocycles. The van der Waals surface area contributed by atoms with Crippen molar-refractivity contribution in [2.45, 2.75) is 26.2 Å². The number of hydrogen-bond acceptors (Lipinski definition) is 3. The summed E-state index contributed by atoms with van der Waals surface area (Å²) in [5.74, 6) is -1.94. The van der Waals surface area contributed by atoms with Gasteiger partial charge in [0.2, 0.25) is 0 Å². The van der Waals surface area contributed by atoms with Gasteiger partial charge in [-0.2, -0.15) is 0 Å². The molecule has 0 aliphatic carbocycles. The van der Waals surface area contributed by atoms with E-state index in [0.717, 1.165) is 5.56 Å². The molecule has 0 radical (unpaired) electrons. The molecule has 0 atom stereocenters. The lowest BCUT2D eigenvalue weighted by molar-refractivity contribution is 0.0693. The number of phenols is 1. The van der Waals surface area contributed by atoms with E-state index >= 15 is 0 Å². The molecule has 0 heterocycles. The number of aromatic hydroxyl groups is 1. The molecule has 2 aromatic rings. The molecule has 1 amide bonds. The third kappa shape index (κ3) is 3.88. The molecule has 0 bridgehead atoms. The average molecular weight is 313 g/mol. The van der Waals surface area contributed by atoms with Crippen molar-refractivity contribution in [1.29, 1.82) is 0 Å². The molecule has 0 unspecified atom stereocenters. The maximum absolute atomic E-state index is 12.2. The normalized spacial score (nSPS) is 11.1. The Balaban J connectivity index is 2.16. The number of carboxylic acids is 1. The Labute approximate surface area is 134 Å². The fourth-order valence-corrected chi connectivity index (χ4v) is 2.12. The zero-order chi connectivity index (χ0) is 17.2. The van der Waals surface area contributed by atoms with Gasteiger partial charge in [0, 0.05) is 17.3 Å². The summed E-state index contributed by atoms with van der Waals surface area (Å²) in [6, 6.07) is 11.2. The van der Waals surface area contributed by atoms with Crippen LogP contribution in [0.3, 0.4) is 0 Å². The van der Waals surface area contributed by atoms with Crippen LogP contribution in [0.4, 0.5) is 5.69 Å². The quantitative estimate of drug-likeness (QED) is 0.807. The van der Waals surface area contributed by atoms with Crippen LogP contribution in [0.5, 0.6) is 5.75 Å². The zero-order valence-electron chi connectivity index (χ0n) is 13.3. The number of anilines is 1. The highest BCUT2D eigenvalue weighted by Gasteiger charge is 2.15. The van der Waals surface area contributed by atoms with E-state index in [0.29, 0.717) is 11.3 Å². The second kappa shape index (κ2) is 6.12. The Morgan fingerprint density at radius 2 is 1.61 bits per heavy atom. The molecule has 0 fully saturated rings. The first-order chi connectivity index (χ1) is 10.7. The van der Waals surface area contributed by atoms with Gasteiger partial charge < -0.3 is 15.5 Å². The van der Waals surface area contributed by atoms with Crippen LogP contribution < -0.4 is 5.32 Å². The summed E-state index contributed by atoms with van der Waals surface area (Å²) in [6.07, 6.45) is 0. The number of carbonyl (C=O) groups is 2. The number of nitrogens with one attached hydrogen (secondary N) is 1. The molecular weight excluding hydrogens is 294 g/mol. The molecule has 0 aliphatic heterocycles. The van der Waals surface area contributed by atoms with E-state index in [4.69, 9.17) is 5.11 Å². The van der Waals surface area contributed by atoms with Crippen molar-refractivity contribution in [3.8, 4) is 5.75 Å². The number of aromatic carboxylic acids is 1. The van der Waals surface area contributed by atoms with Gasteiger partial charge in [-0.1, -0.05) is 32.9 Å². The lowest BCUT2D eigenvalue weighted by Gasteiger charge is -2.19. The minimum atomic E-state index is -1.22. The maximum Gasteiger partial charge on any atom is 0.339 e.